The van der Waals surface area contributed by atoms with Gasteiger partial charge in [0.15, 0.2) is 0 Å². The Morgan fingerprint density at radius 2 is 2.07 bits per heavy atom. The molecule has 0 saturated carbocycles. The Labute approximate surface area is 82.4 Å². The fourth-order valence-electron chi connectivity index (χ4n) is 1.28. The molecule has 0 spiro atoms. The van der Waals surface area contributed by atoms with Crippen molar-refractivity contribution >= 4 is 11.7 Å². The first-order chi connectivity index (χ1) is 6.86. The first kappa shape index (κ1) is 8.81. The third kappa shape index (κ3) is 1.93. The van der Waals surface area contributed by atoms with Crippen molar-refractivity contribution < 1.29 is 9.53 Å². The molecule has 1 aromatic carbocycles. The number of esters is 1. The van der Waals surface area contributed by atoms with E-state index >= 15 is 0 Å². The molecule has 0 aromatic heterocycles. The predicted octanol–water partition coefficient (Wildman–Crippen LogP) is 1.93. The van der Waals surface area contributed by atoms with E-state index in [0.29, 0.717) is 18.6 Å². The number of rotatable bonds is 2. The lowest BCUT2D eigenvalue weighted by Crippen LogP contribution is -1.98. The van der Waals surface area contributed by atoms with Crippen LogP contribution in [0, 0.1) is 0 Å². The van der Waals surface area contributed by atoms with Crippen LogP contribution >= 0.6 is 0 Å². The third-order valence-corrected chi connectivity index (χ3v) is 2.05. The van der Waals surface area contributed by atoms with Gasteiger partial charge in [0, 0.05) is 18.3 Å². The summed E-state index contributed by atoms with van der Waals surface area (Å²) in [5.41, 5.74) is 1.67. The van der Waals surface area contributed by atoms with Crippen molar-refractivity contribution in [1.82, 2.24) is 0 Å². The van der Waals surface area contributed by atoms with Crippen LogP contribution in [0.3, 0.4) is 0 Å². The van der Waals surface area contributed by atoms with Crippen LogP contribution in [0.25, 0.3) is 0 Å². The lowest BCUT2D eigenvalue weighted by molar-refractivity contribution is -0.135. The van der Waals surface area contributed by atoms with Gasteiger partial charge in [-0.25, -0.2) is 4.79 Å². The molecule has 72 valence electrons. The van der Waals surface area contributed by atoms with Crippen molar-refractivity contribution in [3.05, 3.63) is 42.1 Å². The van der Waals surface area contributed by atoms with Gasteiger partial charge in [-0.2, -0.15) is 0 Å². The second-order valence-electron chi connectivity index (χ2n) is 3.07. The summed E-state index contributed by atoms with van der Waals surface area (Å²) in [4.78, 5) is 11.1. The zero-order chi connectivity index (χ0) is 9.80. The molecule has 0 atom stereocenters. The van der Waals surface area contributed by atoms with Crippen molar-refractivity contribution in [3.8, 4) is 0 Å². The largest absolute Gasteiger partial charge is 0.462 e. The van der Waals surface area contributed by atoms with Crippen LogP contribution in [0.1, 0.15) is 6.42 Å². The average Bonchev–Trinajstić information content (AvgIpc) is 2.63. The normalized spacial score (nSPS) is 18.3. The minimum Gasteiger partial charge on any atom is -0.462 e. The molecule has 2 rings (SSSR count). The standard InChI is InChI=1S/C11H11NO2/c13-11-9(6-7-14-11)8-12-10-4-2-1-3-5-10/h1-5,8,12H,6-7H2. The van der Waals surface area contributed by atoms with Gasteiger partial charge in [0.1, 0.15) is 0 Å². The maximum atomic E-state index is 11.1. The molecule has 1 heterocycles. The summed E-state index contributed by atoms with van der Waals surface area (Å²) >= 11 is 0. The topological polar surface area (TPSA) is 38.3 Å². The van der Waals surface area contributed by atoms with Crippen molar-refractivity contribution in [1.29, 1.82) is 0 Å². The summed E-state index contributed by atoms with van der Waals surface area (Å²) in [7, 11) is 0. The molecule has 3 nitrogen and oxygen atoms in total. The Bertz CT molecular complexity index is 357. The third-order valence-electron chi connectivity index (χ3n) is 2.05. The molecule has 0 amide bonds. The highest BCUT2D eigenvalue weighted by Gasteiger charge is 2.17. The summed E-state index contributed by atoms with van der Waals surface area (Å²) in [5, 5.41) is 3.05. The van der Waals surface area contributed by atoms with E-state index < -0.39 is 0 Å². The Kier molecular flexibility index (Phi) is 2.49. The molecule has 1 aliphatic rings. The highest BCUT2D eigenvalue weighted by molar-refractivity contribution is 5.90. The number of para-hydroxylation sites is 1. The lowest BCUT2D eigenvalue weighted by atomic mass is 10.2. The lowest BCUT2D eigenvalue weighted by Gasteiger charge is -1.99. The van der Waals surface area contributed by atoms with Crippen LogP contribution in [0.4, 0.5) is 5.69 Å². The molecule has 1 fully saturated rings. The second-order valence-corrected chi connectivity index (χ2v) is 3.07. The Morgan fingerprint density at radius 3 is 2.71 bits per heavy atom. The zero-order valence-electron chi connectivity index (χ0n) is 7.69. The second kappa shape index (κ2) is 3.96. The minimum absolute atomic E-state index is 0.214. The number of nitrogens with one attached hydrogen (secondary N) is 1. The fourth-order valence-corrected chi connectivity index (χ4v) is 1.28. The zero-order valence-corrected chi connectivity index (χ0v) is 7.69. The molecule has 1 aliphatic heterocycles. The van der Waals surface area contributed by atoms with E-state index in [4.69, 9.17) is 4.74 Å². The number of anilines is 1. The van der Waals surface area contributed by atoms with E-state index in [-0.39, 0.29) is 5.97 Å². The smallest absolute Gasteiger partial charge is 0.335 e. The molecular formula is C11H11NO2. The molecule has 0 aliphatic carbocycles. The Morgan fingerprint density at radius 1 is 1.29 bits per heavy atom. The van der Waals surface area contributed by atoms with Gasteiger partial charge in [0.25, 0.3) is 0 Å². The molecular weight excluding hydrogens is 178 g/mol. The number of carbonyl (C=O) groups excluding carboxylic acids is 1. The Balaban J connectivity index is 2.03. The number of benzene rings is 1. The molecule has 1 saturated heterocycles. The molecule has 1 N–H and O–H groups in total. The highest BCUT2D eigenvalue weighted by Crippen LogP contribution is 2.13. The van der Waals surface area contributed by atoms with Crippen LogP contribution in [0.5, 0.6) is 0 Å². The van der Waals surface area contributed by atoms with Gasteiger partial charge >= 0.3 is 5.97 Å². The molecule has 0 unspecified atom stereocenters. The minimum atomic E-state index is -0.214. The molecule has 14 heavy (non-hydrogen) atoms. The monoisotopic (exact) mass is 189 g/mol. The van der Waals surface area contributed by atoms with Gasteiger partial charge in [-0.15, -0.1) is 0 Å². The van der Waals surface area contributed by atoms with Gasteiger partial charge in [0.05, 0.1) is 12.2 Å². The maximum absolute atomic E-state index is 11.1. The van der Waals surface area contributed by atoms with Gasteiger partial charge in [-0.05, 0) is 12.1 Å². The SMILES string of the molecule is O=C1OCCC1=CNc1ccccc1. The van der Waals surface area contributed by atoms with Crippen LogP contribution < -0.4 is 5.32 Å². The summed E-state index contributed by atoms with van der Waals surface area (Å²) in [6.07, 6.45) is 2.41. The van der Waals surface area contributed by atoms with E-state index in [1.807, 2.05) is 30.3 Å². The summed E-state index contributed by atoms with van der Waals surface area (Å²) in [5.74, 6) is -0.214. The van der Waals surface area contributed by atoms with Crippen molar-refractivity contribution in [2.45, 2.75) is 6.42 Å². The first-order valence-electron chi connectivity index (χ1n) is 4.54. The van der Waals surface area contributed by atoms with Gasteiger partial charge in [-0.3, -0.25) is 0 Å². The van der Waals surface area contributed by atoms with E-state index in [1.165, 1.54) is 0 Å². The number of ether oxygens (including phenoxy) is 1. The quantitative estimate of drug-likeness (QED) is 0.570. The number of carbonyl (C=O) groups is 1. The van der Waals surface area contributed by atoms with Crippen molar-refractivity contribution in [3.63, 3.8) is 0 Å². The van der Waals surface area contributed by atoms with E-state index in [0.717, 1.165) is 5.69 Å². The van der Waals surface area contributed by atoms with E-state index in [1.54, 1.807) is 6.20 Å². The maximum Gasteiger partial charge on any atom is 0.335 e. The molecule has 0 bridgehead atoms. The fraction of sp³-hybridized carbons (Fsp3) is 0.182. The summed E-state index contributed by atoms with van der Waals surface area (Å²) in [6, 6.07) is 9.71. The van der Waals surface area contributed by atoms with Crippen molar-refractivity contribution in [2.75, 3.05) is 11.9 Å². The highest BCUT2D eigenvalue weighted by atomic mass is 16.5. The number of cyclic esters (lactones) is 1. The molecule has 3 heteroatoms. The average molecular weight is 189 g/mol. The number of hydrogen-bond donors (Lipinski definition) is 1. The van der Waals surface area contributed by atoms with Crippen molar-refractivity contribution in [2.24, 2.45) is 0 Å². The Hall–Kier alpha value is -1.77. The van der Waals surface area contributed by atoms with Gasteiger partial charge < -0.3 is 10.1 Å². The van der Waals surface area contributed by atoms with Gasteiger partial charge in [0.2, 0.25) is 0 Å². The van der Waals surface area contributed by atoms with E-state index in [2.05, 4.69) is 5.32 Å². The summed E-state index contributed by atoms with van der Waals surface area (Å²) < 4.78 is 4.81. The first-order valence-corrected chi connectivity index (χ1v) is 4.54. The van der Waals surface area contributed by atoms with Crippen LogP contribution in [-0.4, -0.2) is 12.6 Å². The van der Waals surface area contributed by atoms with Gasteiger partial charge in [-0.1, -0.05) is 18.2 Å². The van der Waals surface area contributed by atoms with E-state index in [9.17, 15) is 4.79 Å². The van der Waals surface area contributed by atoms with Crippen LogP contribution in [-0.2, 0) is 9.53 Å². The molecule has 0 radical (unpaired) electrons. The van der Waals surface area contributed by atoms with Crippen LogP contribution in [0.15, 0.2) is 42.1 Å². The number of hydrogen-bond acceptors (Lipinski definition) is 3. The van der Waals surface area contributed by atoms with Crippen LogP contribution in [0.2, 0.25) is 0 Å². The summed E-state index contributed by atoms with van der Waals surface area (Å²) in [6.45, 7) is 0.501. The predicted molar refractivity (Wildman–Crippen MR) is 53.7 cm³/mol. The molecule has 1 aromatic rings.